The zero-order chi connectivity index (χ0) is 16.4. The fourth-order valence-corrected chi connectivity index (χ4v) is 4.06. The van der Waals surface area contributed by atoms with E-state index in [0.29, 0.717) is 36.3 Å². The largest absolute Gasteiger partial charge is 0.390 e. The van der Waals surface area contributed by atoms with Crippen LogP contribution in [0.15, 0.2) is 18.2 Å². The number of rotatable bonds is 3. The highest BCUT2D eigenvalue weighted by Gasteiger charge is 2.44. The Bertz CT molecular complexity index is 612. The molecule has 5 heteroatoms. The second kappa shape index (κ2) is 6.78. The highest BCUT2D eigenvalue weighted by molar-refractivity contribution is 6.30. The smallest absolute Gasteiger partial charge is 0.0995 e. The Labute approximate surface area is 142 Å². The number of hydrogen-bond acceptors (Lipinski definition) is 4. The zero-order valence-corrected chi connectivity index (χ0v) is 14.2. The van der Waals surface area contributed by atoms with Crippen LogP contribution in [-0.2, 0) is 11.3 Å². The van der Waals surface area contributed by atoms with Crippen molar-refractivity contribution in [3.63, 3.8) is 0 Å². The molecule has 0 aliphatic carbocycles. The van der Waals surface area contributed by atoms with Crippen LogP contribution in [0.25, 0.3) is 0 Å². The summed E-state index contributed by atoms with van der Waals surface area (Å²) in [5.41, 5.74) is 0.957. The summed E-state index contributed by atoms with van der Waals surface area (Å²) in [4.78, 5) is 2.39. The van der Waals surface area contributed by atoms with E-state index in [1.165, 1.54) is 0 Å². The topological polar surface area (TPSA) is 56.5 Å². The summed E-state index contributed by atoms with van der Waals surface area (Å²) in [6.45, 7) is 4.88. The molecular formula is C18H23ClN2O2. The molecule has 2 saturated heterocycles. The second-order valence-electron chi connectivity index (χ2n) is 6.88. The Hall–Kier alpha value is -1.12. The molecule has 0 amide bonds. The van der Waals surface area contributed by atoms with Crippen LogP contribution in [0.4, 0.5) is 0 Å². The number of halogens is 1. The normalized spacial score (nSPS) is 31.9. The van der Waals surface area contributed by atoms with Crippen molar-refractivity contribution in [3.8, 4) is 6.07 Å². The first-order valence-electron chi connectivity index (χ1n) is 8.24. The fraction of sp³-hybridized carbons (Fsp3) is 0.611. The number of nitrogens with zero attached hydrogens (tertiary/aromatic N) is 2. The van der Waals surface area contributed by atoms with Crippen LogP contribution < -0.4 is 0 Å². The standard InChI is InChI=1S/C18H23ClN2O2/c1-18(22)6-8-23-12-16(18)17-3-2-7-21(17)11-13-4-5-15(19)9-14(13)10-20/h4-5,9,16-17,22H,2-3,6-8,11-12H2,1H3/t16-,17+,18+/m1/s1. The van der Waals surface area contributed by atoms with Crippen LogP contribution >= 0.6 is 11.6 Å². The minimum atomic E-state index is -0.677. The van der Waals surface area contributed by atoms with E-state index >= 15 is 0 Å². The fourth-order valence-electron chi connectivity index (χ4n) is 3.89. The Morgan fingerprint density at radius 1 is 1.52 bits per heavy atom. The minimum Gasteiger partial charge on any atom is -0.390 e. The molecule has 4 nitrogen and oxygen atoms in total. The quantitative estimate of drug-likeness (QED) is 0.923. The van der Waals surface area contributed by atoms with Crippen molar-refractivity contribution >= 4 is 11.6 Å². The molecule has 1 aromatic carbocycles. The van der Waals surface area contributed by atoms with Crippen molar-refractivity contribution in [1.82, 2.24) is 4.90 Å². The van der Waals surface area contributed by atoms with Gasteiger partial charge in [-0.05, 0) is 50.4 Å². The molecule has 0 unspecified atom stereocenters. The number of aliphatic hydroxyl groups is 1. The third-order valence-corrected chi connectivity index (χ3v) is 5.53. The molecule has 3 atom stereocenters. The highest BCUT2D eigenvalue weighted by Crippen LogP contribution is 2.36. The highest BCUT2D eigenvalue weighted by atomic mass is 35.5. The Balaban J connectivity index is 1.79. The molecule has 0 radical (unpaired) electrons. The van der Waals surface area contributed by atoms with E-state index in [2.05, 4.69) is 11.0 Å². The van der Waals surface area contributed by atoms with E-state index in [1.807, 2.05) is 19.1 Å². The molecule has 23 heavy (non-hydrogen) atoms. The van der Waals surface area contributed by atoms with Crippen molar-refractivity contribution in [1.29, 1.82) is 5.26 Å². The molecule has 124 valence electrons. The average Bonchev–Trinajstić information content (AvgIpc) is 2.96. The van der Waals surface area contributed by atoms with Gasteiger partial charge in [-0.3, -0.25) is 4.90 Å². The Morgan fingerprint density at radius 3 is 3.09 bits per heavy atom. The van der Waals surface area contributed by atoms with Crippen LogP contribution in [0.2, 0.25) is 5.02 Å². The van der Waals surface area contributed by atoms with Gasteiger partial charge in [0.05, 0.1) is 23.8 Å². The van der Waals surface area contributed by atoms with Crippen LogP contribution in [0.1, 0.15) is 37.3 Å². The molecule has 0 saturated carbocycles. The SMILES string of the molecule is C[C@]1(O)CCOC[C@@H]1[C@@H]1CCCN1Cc1ccc(Cl)cc1C#N. The lowest BCUT2D eigenvalue weighted by atomic mass is 9.79. The summed E-state index contributed by atoms with van der Waals surface area (Å²) in [5, 5.41) is 20.7. The first-order valence-corrected chi connectivity index (χ1v) is 8.62. The first kappa shape index (κ1) is 16.7. The number of ether oxygens (including phenoxy) is 1. The van der Waals surface area contributed by atoms with Gasteiger partial charge in [-0.25, -0.2) is 0 Å². The molecule has 2 aliphatic heterocycles. The molecule has 2 fully saturated rings. The predicted molar refractivity (Wildman–Crippen MR) is 89.1 cm³/mol. The van der Waals surface area contributed by atoms with Gasteiger partial charge >= 0.3 is 0 Å². The van der Waals surface area contributed by atoms with E-state index in [-0.39, 0.29) is 5.92 Å². The summed E-state index contributed by atoms with van der Waals surface area (Å²) in [6, 6.07) is 8.03. The maximum absolute atomic E-state index is 10.7. The maximum Gasteiger partial charge on any atom is 0.0995 e. The molecular weight excluding hydrogens is 312 g/mol. The lowest BCUT2D eigenvalue weighted by Crippen LogP contribution is -2.52. The van der Waals surface area contributed by atoms with Crippen molar-refractivity contribution in [2.24, 2.45) is 5.92 Å². The van der Waals surface area contributed by atoms with Gasteiger partial charge in [0, 0.05) is 30.1 Å². The van der Waals surface area contributed by atoms with Crippen LogP contribution in [0.3, 0.4) is 0 Å². The van der Waals surface area contributed by atoms with Crippen LogP contribution in [0, 0.1) is 17.2 Å². The molecule has 2 heterocycles. The molecule has 3 rings (SSSR count). The van der Waals surface area contributed by atoms with Gasteiger partial charge in [-0.1, -0.05) is 17.7 Å². The third kappa shape index (κ3) is 3.54. The van der Waals surface area contributed by atoms with E-state index in [4.69, 9.17) is 16.3 Å². The third-order valence-electron chi connectivity index (χ3n) is 5.29. The first-order chi connectivity index (χ1) is 11.0. The van der Waals surface area contributed by atoms with E-state index in [0.717, 1.165) is 31.5 Å². The van der Waals surface area contributed by atoms with Crippen molar-refractivity contribution in [3.05, 3.63) is 34.3 Å². The Morgan fingerprint density at radius 2 is 2.35 bits per heavy atom. The number of nitriles is 1. The van der Waals surface area contributed by atoms with Crippen molar-refractivity contribution in [2.45, 2.75) is 44.4 Å². The maximum atomic E-state index is 10.7. The molecule has 0 bridgehead atoms. The molecule has 0 spiro atoms. The zero-order valence-electron chi connectivity index (χ0n) is 13.5. The summed E-state index contributed by atoms with van der Waals surface area (Å²) in [6.07, 6.45) is 2.87. The van der Waals surface area contributed by atoms with Gasteiger partial charge < -0.3 is 9.84 Å². The van der Waals surface area contributed by atoms with Gasteiger partial charge in [-0.2, -0.15) is 5.26 Å². The Kier molecular flexibility index (Phi) is 4.93. The summed E-state index contributed by atoms with van der Waals surface area (Å²) < 4.78 is 5.63. The molecule has 0 aromatic heterocycles. The number of likely N-dealkylation sites (tertiary alicyclic amines) is 1. The summed E-state index contributed by atoms with van der Waals surface area (Å²) >= 11 is 5.99. The summed E-state index contributed by atoms with van der Waals surface area (Å²) in [5.74, 6) is 0.122. The van der Waals surface area contributed by atoms with Gasteiger partial charge in [0.15, 0.2) is 0 Å². The number of hydrogen-bond donors (Lipinski definition) is 1. The number of benzene rings is 1. The molecule has 1 aromatic rings. The van der Waals surface area contributed by atoms with Crippen LogP contribution in [0.5, 0.6) is 0 Å². The predicted octanol–water partition coefficient (Wildman–Crippen LogP) is 2.96. The van der Waals surface area contributed by atoms with Gasteiger partial charge in [0.25, 0.3) is 0 Å². The lowest BCUT2D eigenvalue weighted by Gasteiger charge is -2.43. The van der Waals surface area contributed by atoms with Crippen LogP contribution in [-0.4, -0.2) is 41.4 Å². The second-order valence-corrected chi connectivity index (χ2v) is 7.32. The van der Waals surface area contributed by atoms with Gasteiger partial charge in [-0.15, -0.1) is 0 Å². The van der Waals surface area contributed by atoms with Crippen molar-refractivity contribution < 1.29 is 9.84 Å². The van der Waals surface area contributed by atoms with Gasteiger partial charge in [0.2, 0.25) is 0 Å². The van der Waals surface area contributed by atoms with Gasteiger partial charge in [0.1, 0.15) is 0 Å². The summed E-state index contributed by atoms with van der Waals surface area (Å²) in [7, 11) is 0. The average molecular weight is 335 g/mol. The molecule has 1 N–H and O–H groups in total. The van der Waals surface area contributed by atoms with E-state index in [1.54, 1.807) is 6.07 Å². The minimum absolute atomic E-state index is 0.122. The lowest BCUT2D eigenvalue weighted by molar-refractivity contribution is -0.123. The van der Waals surface area contributed by atoms with E-state index < -0.39 is 5.60 Å². The monoisotopic (exact) mass is 334 g/mol. The van der Waals surface area contributed by atoms with Crippen molar-refractivity contribution in [2.75, 3.05) is 19.8 Å². The van der Waals surface area contributed by atoms with E-state index in [9.17, 15) is 10.4 Å². The molecule has 2 aliphatic rings.